The predicted molar refractivity (Wildman–Crippen MR) is 55.4 cm³/mol. The van der Waals surface area contributed by atoms with E-state index < -0.39 is 11.9 Å². The fraction of sp³-hybridized carbons (Fsp3) is 0.625. The second-order valence-corrected chi connectivity index (χ2v) is 3.72. The van der Waals surface area contributed by atoms with Crippen LogP contribution in [0.2, 0.25) is 0 Å². The number of piperazine rings is 1. The minimum absolute atomic E-state index is 0.0107. The molecule has 9 heteroatoms. The molecule has 0 spiro atoms. The lowest BCUT2D eigenvalue weighted by Crippen LogP contribution is -2.59. The van der Waals surface area contributed by atoms with E-state index in [-0.39, 0.29) is 12.5 Å². The standard InChI is InChI=1S/C8H13N7O2/c9-8(17)6-3-10-1-2-15(6)7(16)4-14-5-11-12-13-14/h5-6,10H,1-4H2,(H2,9,17). The van der Waals surface area contributed by atoms with Crippen LogP contribution in [-0.2, 0) is 16.1 Å². The third kappa shape index (κ3) is 2.56. The first kappa shape index (κ1) is 11.5. The van der Waals surface area contributed by atoms with Crippen molar-refractivity contribution in [1.82, 2.24) is 30.4 Å². The zero-order valence-corrected chi connectivity index (χ0v) is 9.11. The Bertz CT molecular complexity index is 404. The number of aromatic nitrogens is 4. The van der Waals surface area contributed by atoms with Crippen molar-refractivity contribution in [1.29, 1.82) is 0 Å². The summed E-state index contributed by atoms with van der Waals surface area (Å²) in [4.78, 5) is 24.6. The molecule has 0 saturated carbocycles. The topological polar surface area (TPSA) is 119 Å². The number of carbonyl (C=O) groups is 2. The Kier molecular flexibility index (Phi) is 3.28. The number of amides is 2. The zero-order valence-electron chi connectivity index (χ0n) is 9.11. The Hall–Kier alpha value is -2.03. The summed E-state index contributed by atoms with van der Waals surface area (Å²) in [6.45, 7) is 1.49. The predicted octanol–water partition coefficient (Wildman–Crippen LogP) is -3.04. The van der Waals surface area contributed by atoms with E-state index in [1.54, 1.807) is 0 Å². The first-order valence-corrected chi connectivity index (χ1v) is 5.19. The monoisotopic (exact) mass is 239 g/mol. The maximum Gasteiger partial charge on any atom is 0.245 e. The van der Waals surface area contributed by atoms with Crippen LogP contribution < -0.4 is 11.1 Å². The number of rotatable bonds is 3. The van der Waals surface area contributed by atoms with Gasteiger partial charge in [-0.15, -0.1) is 5.10 Å². The maximum atomic E-state index is 12.0. The van der Waals surface area contributed by atoms with Crippen LogP contribution in [0, 0.1) is 0 Å². The number of nitrogens with one attached hydrogen (secondary N) is 1. The summed E-state index contributed by atoms with van der Waals surface area (Å²) in [6, 6.07) is -0.604. The van der Waals surface area contributed by atoms with Gasteiger partial charge in [-0.25, -0.2) is 4.68 Å². The molecule has 0 aromatic carbocycles. The fourth-order valence-corrected chi connectivity index (χ4v) is 1.74. The molecule has 1 atom stereocenters. The molecular formula is C8H13N7O2. The molecule has 1 aliphatic heterocycles. The molecule has 0 bridgehead atoms. The smallest absolute Gasteiger partial charge is 0.245 e. The zero-order chi connectivity index (χ0) is 12.3. The summed E-state index contributed by atoms with van der Waals surface area (Å²) >= 11 is 0. The Balaban J connectivity index is 2.03. The van der Waals surface area contributed by atoms with Gasteiger partial charge in [0.2, 0.25) is 11.8 Å². The van der Waals surface area contributed by atoms with Crippen molar-refractivity contribution in [2.75, 3.05) is 19.6 Å². The van der Waals surface area contributed by atoms with Gasteiger partial charge in [0.15, 0.2) is 0 Å². The van der Waals surface area contributed by atoms with Gasteiger partial charge in [-0.3, -0.25) is 9.59 Å². The molecule has 2 heterocycles. The van der Waals surface area contributed by atoms with Crippen molar-refractivity contribution in [2.45, 2.75) is 12.6 Å². The molecule has 92 valence electrons. The van der Waals surface area contributed by atoms with E-state index in [1.165, 1.54) is 15.9 Å². The van der Waals surface area contributed by atoms with E-state index in [9.17, 15) is 9.59 Å². The summed E-state index contributed by atoms with van der Waals surface area (Å²) in [5.74, 6) is -0.732. The van der Waals surface area contributed by atoms with Gasteiger partial charge in [-0.2, -0.15) is 0 Å². The summed E-state index contributed by atoms with van der Waals surface area (Å²) < 4.78 is 1.31. The molecule has 1 saturated heterocycles. The number of nitrogens with zero attached hydrogens (tertiary/aromatic N) is 5. The quantitative estimate of drug-likeness (QED) is 0.578. The minimum atomic E-state index is -0.604. The van der Waals surface area contributed by atoms with Crippen molar-refractivity contribution in [3.8, 4) is 0 Å². The molecule has 17 heavy (non-hydrogen) atoms. The summed E-state index contributed by atoms with van der Waals surface area (Å²) in [5.41, 5.74) is 5.25. The number of hydrogen-bond donors (Lipinski definition) is 2. The third-order valence-electron chi connectivity index (χ3n) is 2.58. The average molecular weight is 239 g/mol. The number of tetrazole rings is 1. The van der Waals surface area contributed by atoms with Crippen molar-refractivity contribution in [2.24, 2.45) is 5.73 Å². The van der Waals surface area contributed by atoms with Gasteiger partial charge in [0.1, 0.15) is 18.9 Å². The van der Waals surface area contributed by atoms with Gasteiger partial charge < -0.3 is 16.0 Å². The number of carbonyl (C=O) groups excluding carboxylic acids is 2. The SMILES string of the molecule is NC(=O)C1CNCCN1C(=O)Cn1cnnn1. The van der Waals surface area contributed by atoms with Crippen LogP contribution in [-0.4, -0.2) is 62.6 Å². The van der Waals surface area contributed by atoms with E-state index in [1.807, 2.05) is 0 Å². The van der Waals surface area contributed by atoms with E-state index in [2.05, 4.69) is 20.8 Å². The van der Waals surface area contributed by atoms with E-state index in [0.717, 1.165) is 0 Å². The number of primary amides is 1. The van der Waals surface area contributed by atoms with Gasteiger partial charge in [0.25, 0.3) is 0 Å². The lowest BCUT2D eigenvalue weighted by Gasteiger charge is -2.34. The Morgan fingerprint density at radius 1 is 1.53 bits per heavy atom. The maximum absolute atomic E-state index is 12.0. The molecule has 0 aliphatic carbocycles. The van der Waals surface area contributed by atoms with Crippen LogP contribution in [0.1, 0.15) is 0 Å². The highest BCUT2D eigenvalue weighted by molar-refractivity contribution is 5.87. The molecule has 2 rings (SSSR count). The molecule has 1 aromatic rings. The third-order valence-corrected chi connectivity index (χ3v) is 2.58. The molecule has 1 aliphatic rings. The van der Waals surface area contributed by atoms with Crippen LogP contribution in [0.15, 0.2) is 6.33 Å². The second kappa shape index (κ2) is 4.87. The Labute approximate surface area is 96.9 Å². The lowest BCUT2D eigenvalue weighted by molar-refractivity contribution is -0.141. The van der Waals surface area contributed by atoms with Crippen LogP contribution >= 0.6 is 0 Å². The first-order valence-electron chi connectivity index (χ1n) is 5.19. The summed E-state index contributed by atoms with van der Waals surface area (Å²) in [7, 11) is 0. The second-order valence-electron chi connectivity index (χ2n) is 3.72. The fourth-order valence-electron chi connectivity index (χ4n) is 1.74. The number of hydrogen-bond acceptors (Lipinski definition) is 6. The van der Waals surface area contributed by atoms with Crippen molar-refractivity contribution >= 4 is 11.8 Å². The van der Waals surface area contributed by atoms with Crippen molar-refractivity contribution in [3.05, 3.63) is 6.33 Å². The highest BCUT2D eigenvalue weighted by Gasteiger charge is 2.30. The normalized spacial score (nSPS) is 20.2. The molecule has 1 fully saturated rings. The van der Waals surface area contributed by atoms with E-state index >= 15 is 0 Å². The van der Waals surface area contributed by atoms with Crippen molar-refractivity contribution < 1.29 is 9.59 Å². The van der Waals surface area contributed by atoms with Crippen LogP contribution in [0.5, 0.6) is 0 Å². The van der Waals surface area contributed by atoms with Gasteiger partial charge in [-0.05, 0) is 10.4 Å². The summed E-state index contributed by atoms with van der Waals surface area (Å²) in [5, 5.41) is 13.5. The van der Waals surface area contributed by atoms with Gasteiger partial charge in [0.05, 0.1) is 0 Å². The highest BCUT2D eigenvalue weighted by Crippen LogP contribution is 2.04. The van der Waals surface area contributed by atoms with Crippen LogP contribution in [0.4, 0.5) is 0 Å². The number of nitrogens with two attached hydrogens (primary N) is 1. The average Bonchev–Trinajstić information content (AvgIpc) is 2.81. The lowest BCUT2D eigenvalue weighted by atomic mass is 10.2. The van der Waals surface area contributed by atoms with E-state index in [4.69, 9.17) is 5.73 Å². The Morgan fingerprint density at radius 2 is 2.35 bits per heavy atom. The van der Waals surface area contributed by atoms with Gasteiger partial charge >= 0.3 is 0 Å². The van der Waals surface area contributed by atoms with E-state index in [0.29, 0.717) is 19.6 Å². The highest BCUT2D eigenvalue weighted by atomic mass is 16.2. The largest absolute Gasteiger partial charge is 0.368 e. The summed E-state index contributed by atoms with van der Waals surface area (Å²) in [6.07, 6.45) is 1.35. The molecule has 0 radical (unpaired) electrons. The minimum Gasteiger partial charge on any atom is -0.368 e. The first-order chi connectivity index (χ1) is 8.18. The molecular weight excluding hydrogens is 226 g/mol. The molecule has 3 N–H and O–H groups in total. The van der Waals surface area contributed by atoms with Crippen LogP contribution in [0.25, 0.3) is 0 Å². The molecule has 2 amide bonds. The van der Waals surface area contributed by atoms with Gasteiger partial charge in [0, 0.05) is 19.6 Å². The van der Waals surface area contributed by atoms with Crippen LogP contribution in [0.3, 0.4) is 0 Å². The van der Waals surface area contributed by atoms with Crippen molar-refractivity contribution in [3.63, 3.8) is 0 Å². The van der Waals surface area contributed by atoms with Gasteiger partial charge in [-0.1, -0.05) is 0 Å². The Morgan fingerprint density at radius 3 is 3.00 bits per heavy atom. The molecule has 9 nitrogen and oxygen atoms in total. The molecule has 1 aromatic heterocycles. The molecule has 1 unspecified atom stereocenters.